The van der Waals surface area contributed by atoms with Gasteiger partial charge in [-0.05, 0) is 44.6 Å². The number of allylic oxidation sites excluding steroid dienone is 2. The molecule has 198 valence electrons. The number of rotatable bonds is 6. The first-order valence-corrected chi connectivity index (χ1v) is 12.1. The van der Waals surface area contributed by atoms with Gasteiger partial charge in [0, 0.05) is 36.8 Å². The van der Waals surface area contributed by atoms with Crippen molar-refractivity contribution in [2.24, 2.45) is 5.41 Å². The standard InChI is InChI=1S/C27H36O9/c1-12(2)34-13(3)9-17-20(30)18-19(24(21(17)31)36-15(5)29)27(8)11-16(35-14(4)28)10-26(6,7)25(27)23(33)22(18)32/h12-13,16,30-31,33H,9-11H2,1-8H3/t13-,16-,27+/m0/s1. The van der Waals surface area contributed by atoms with Crippen LogP contribution in [0.4, 0.5) is 0 Å². The second-order valence-electron chi connectivity index (χ2n) is 11.0. The average Bonchev–Trinajstić information content (AvgIpc) is 2.68. The van der Waals surface area contributed by atoms with Crippen LogP contribution < -0.4 is 4.74 Å². The van der Waals surface area contributed by atoms with Gasteiger partial charge in [0.05, 0.1) is 17.8 Å². The first-order chi connectivity index (χ1) is 16.5. The molecule has 0 bridgehead atoms. The van der Waals surface area contributed by atoms with Crippen LogP contribution in [-0.2, 0) is 30.9 Å². The van der Waals surface area contributed by atoms with E-state index in [4.69, 9.17) is 14.2 Å². The van der Waals surface area contributed by atoms with Crippen molar-refractivity contribution in [2.45, 2.75) is 98.4 Å². The monoisotopic (exact) mass is 504 g/mol. The molecule has 1 saturated carbocycles. The Bertz CT molecular complexity index is 1140. The third kappa shape index (κ3) is 4.68. The highest BCUT2D eigenvalue weighted by molar-refractivity contribution is 6.14. The molecule has 1 fully saturated rings. The fraction of sp³-hybridized carbons (Fsp3) is 0.593. The molecule has 0 radical (unpaired) electrons. The van der Waals surface area contributed by atoms with E-state index in [1.54, 1.807) is 13.8 Å². The van der Waals surface area contributed by atoms with E-state index in [2.05, 4.69) is 0 Å². The first-order valence-electron chi connectivity index (χ1n) is 12.1. The van der Waals surface area contributed by atoms with Gasteiger partial charge < -0.3 is 29.5 Å². The van der Waals surface area contributed by atoms with Gasteiger partial charge in [-0.3, -0.25) is 14.4 Å². The van der Waals surface area contributed by atoms with Crippen molar-refractivity contribution in [2.75, 3.05) is 0 Å². The van der Waals surface area contributed by atoms with Crippen LogP contribution in [0.2, 0.25) is 0 Å². The Hall–Kier alpha value is -3.07. The molecular formula is C27H36O9. The Morgan fingerprint density at radius 3 is 2.14 bits per heavy atom. The number of hydrogen-bond donors (Lipinski definition) is 3. The van der Waals surface area contributed by atoms with Gasteiger partial charge >= 0.3 is 11.9 Å². The molecule has 36 heavy (non-hydrogen) atoms. The number of hydrogen-bond acceptors (Lipinski definition) is 9. The maximum atomic E-state index is 13.5. The van der Waals surface area contributed by atoms with Crippen LogP contribution in [0.3, 0.4) is 0 Å². The average molecular weight is 505 g/mol. The fourth-order valence-electron chi connectivity index (χ4n) is 6.14. The van der Waals surface area contributed by atoms with Gasteiger partial charge in [0.2, 0.25) is 5.78 Å². The highest BCUT2D eigenvalue weighted by Gasteiger charge is 2.56. The number of carbonyl (C=O) groups is 3. The Morgan fingerprint density at radius 2 is 1.61 bits per heavy atom. The van der Waals surface area contributed by atoms with Gasteiger partial charge in [-0.2, -0.15) is 0 Å². The minimum Gasteiger partial charge on any atom is -0.507 e. The number of aromatic hydroxyl groups is 2. The van der Waals surface area contributed by atoms with Gasteiger partial charge in [-0.15, -0.1) is 0 Å². The lowest BCUT2D eigenvalue weighted by Crippen LogP contribution is -2.49. The summed E-state index contributed by atoms with van der Waals surface area (Å²) < 4.78 is 16.8. The topological polar surface area (TPSA) is 140 Å². The molecule has 0 amide bonds. The number of carbonyl (C=O) groups excluding carboxylic acids is 3. The molecule has 0 unspecified atom stereocenters. The van der Waals surface area contributed by atoms with E-state index in [0.717, 1.165) is 6.92 Å². The maximum Gasteiger partial charge on any atom is 0.308 e. The maximum absolute atomic E-state index is 13.5. The summed E-state index contributed by atoms with van der Waals surface area (Å²) in [5.41, 5.74) is -1.85. The van der Waals surface area contributed by atoms with E-state index in [1.807, 2.05) is 27.7 Å². The Balaban J connectivity index is 2.36. The molecule has 0 spiro atoms. The minimum absolute atomic E-state index is 0.0142. The van der Waals surface area contributed by atoms with E-state index < -0.39 is 58.0 Å². The fourth-order valence-corrected chi connectivity index (χ4v) is 6.14. The van der Waals surface area contributed by atoms with Crippen LogP contribution in [0.5, 0.6) is 17.2 Å². The van der Waals surface area contributed by atoms with E-state index >= 15 is 0 Å². The second-order valence-corrected chi connectivity index (χ2v) is 11.0. The Morgan fingerprint density at radius 1 is 1.00 bits per heavy atom. The molecule has 0 heterocycles. The van der Waals surface area contributed by atoms with Crippen molar-refractivity contribution in [1.82, 2.24) is 0 Å². The number of fused-ring (bicyclic) bond motifs is 3. The zero-order valence-electron chi connectivity index (χ0n) is 22.1. The van der Waals surface area contributed by atoms with Crippen LogP contribution in [0.25, 0.3) is 0 Å². The van der Waals surface area contributed by atoms with Crippen molar-refractivity contribution in [3.8, 4) is 17.2 Å². The van der Waals surface area contributed by atoms with E-state index in [0.29, 0.717) is 12.0 Å². The summed E-state index contributed by atoms with van der Waals surface area (Å²) in [4.78, 5) is 37.5. The SMILES string of the molecule is CC(=O)Oc1c(O)c(C[C@H](C)OC(C)C)c(O)c2c1[C@@]1(C)C[C@@H](OC(C)=O)CC(C)(C)C1=C(O)C2=O. The summed E-state index contributed by atoms with van der Waals surface area (Å²) in [7, 11) is 0. The number of aliphatic hydroxyl groups excluding tert-OH is 1. The van der Waals surface area contributed by atoms with Crippen LogP contribution in [0, 0.1) is 5.41 Å². The van der Waals surface area contributed by atoms with Crippen LogP contribution in [0.1, 0.15) is 89.7 Å². The smallest absolute Gasteiger partial charge is 0.308 e. The highest BCUT2D eigenvalue weighted by Crippen LogP contribution is 2.61. The van der Waals surface area contributed by atoms with Crippen molar-refractivity contribution in [3.63, 3.8) is 0 Å². The predicted octanol–water partition coefficient (Wildman–Crippen LogP) is 4.40. The lowest BCUT2D eigenvalue weighted by Gasteiger charge is -2.51. The molecule has 0 aromatic heterocycles. The molecule has 3 rings (SSSR count). The number of benzene rings is 1. The largest absolute Gasteiger partial charge is 0.507 e. The molecule has 0 aliphatic heterocycles. The summed E-state index contributed by atoms with van der Waals surface area (Å²) in [6.45, 7) is 13.2. The van der Waals surface area contributed by atoms with Crippen molar-refractivity contribution in [3.05, 3.63) is 28.0 Å². The summed E-state index contributed by atoms with van der Waals surface area (Å²) in [6, 6.07) is 0. The quantitative estimate of drug-likeness (QED) is 0.380. The molecule has 1 aromatic carbocycles. The number of phenols is 2. The molecule has 9 heteroatoms. The van der Waals surface area contributed by atoms with Gasteiger partial charge in [-0.25, -0.2) is 0 Å². The molecule has 3 atom stereocenters. The van der Waals surface area contributed by atoms with Gasteiger partial charge in [0.1, 0.15) is 11.9 Å². The van der Waals surface area contributed by atoms with Crippen molar-refractivity contribution >= 4 is 17.7 Å². The number of esters is 2. The zero-order chi connectivity index (χ0) is 27.3. The molecule has 2 aliphatic rings. The lowest BCUT2D eigenvalue weighted by atomic mass is 9.53. The lowest BCUT2D eigenvalue weighted by molar-refractivity contribution is -0.149. The molecule has 2 aliphatic carbocycles. The normalized spacial score (nSPS) is 23.7. The van der Waals surface area contributed by atoms with Gasteiger partial charge in [0.15, 0.2) is 17.3 Å². The highest BCUT2D eigenvalue weighted by atomic mass is 16.5. The molecular weight excluding hydrogens is 468 g/mol. The predicted molar refractivity (Wildman–Crippen MR) is 130 cm³/mol. The summed E-state index contributed by atoms with van der Waals surface area (Å²) in [5.74, 6) is -3.82. The van der Waals surface area contributed by atoms with Gasteiger partial charge in [0.25, 0.3) is 0 Å². The van der Waals surface area contributed by atoms with Crippen LogP contribution in [0.15, 0.2) is 11.3 Å². The molecule has 0 saturated heterocycles. The molecule has 1 aromatic rings. The molecule has 3 N–H and O–H groups in total. The van der Waals surface area contributed by atoms with E-state index in [1.165, 1.54) is 6.92 Å². The van der Waals surface area contributed by atoms with E-state index in [9.17, 15) is 29.7 Å². The summed E-state index contributed by atoms with van der Waals surface area (Å²) >= 11 is 0. The third-order valence-corrected chi connectivity index (χ3v) is 6.91. The summed E-state index contributed by atoms with van der Waals surface area (Å²) in [6.07, 6.45) is -0.690. The van der Waals surface area contributed by atoms with Crippen molar-refractivity contribution < 1.29 is 43.9 Å². The number of ether oxygens (including phenoxy) is 3. The van der Waals surface area contributed by atoms with Crippen LogP contribution >= 0.6 is 0 Å². The zero-order valence-corrected chi connectivity index (χ0v) is 22.1. The summed E-state index contributed by atoms with van der Waals surface area (Å²) in [5, 5.41) is 33.7. The number of phenolic OH excluding ortho intramolecular Hbond substituents is 2. The molecule has 9 nitrogen and oxygen atoms in total. The Kier molecular flexibility index (Phi) is 7.20. The van der Waals surface area contributed by atoms with Crippen molar-refractivity contribution in [1.29, 1.82) is 0 Å². The number of Topliss-reactive ketones (excluding diaryl/α,β-unsaturated/α-hetero) is 1. The number of ketones is 1. The first kappa shape index (κ1) is 27.5. The van der Waals surface area contributed by atoms with Crippen LogP contribution in [-0.4, -0.2) is 51.4 Å². The Labute approximate surface area is 211 Å². The second kappa shape index (κ2) is 9.42. The van der Waals surface area contributed by atoms with Gasteiger partial charge in [-0.1, -0.05) is 20.8 Å². The third-order valence-electron chi connectivity index (χ3n) is 6.91. The minimum atomic E-state index is -1.21. The number of aliphatic hydroxyl groups is 1. The van der Waals surface area contributed by atoms with E-state index in [-0.39, 0.29) is 41.4 Å².